The van der Waals surface area contributed by atoms with E-state index in [1.807, 2.05) is 4.98 Å². The number of aromatic amines is 1. The normalized spacial score (nSPS) is 10.5. The van der Waals surface area contributed by atoms with Crippen LogP contribution in [-0.4, -0.2) is 16.7 Å². The van der Waals surface area contributed by atoms with Crippen molar-refractivity contribution in [2.24, 2.45) is 0 Å². The Morgan fingerprint density at radius 3 is 2.63 bits per heavy atom. The molecule has 0 atom stereocenters. The molecule has 2 rings (SSSR count). The van der Waals surface area contributed by atoms with Gasteiger partial charge in [-0.25, -0.2) is 9.36 Å². The summed E-state index contributed by atoms with van der Waals surface area (Å²) in [5, 5.41) is -0.385. The highest BCUT2D eigenvalue weighted by Crippen LogP contribution is 2.24. The van der Waals surface area contributed by atoms with Crippen LogP contribution in [0.25, 0.3) is 5.69 Å². The number of ether oxygens (including phenoxy) is 1. The van der Waals surface area contributed by atoms with Crippen molar-refractivity contribution in [2.45, 2.75) is 0 Å². The third-order valence-corrected chi connectivity index (χ3v) is 2.88. The summed E-state index contributed by atoms with van der Waals surface area (Å²) in [7, 11) is 1.35. The van der Waals surface area contributed by atoms with Crippen LogP contribution in [0, 0.1) is 5.82 Å². The van der Waals surface area contributed by atoms with Gasteiger partial charge in [0.05, 0.1) is 12.8 Å². The molecule has 0 spiro atoms. The van der Waals surface area contributed by atoms with E-state index >= 15 is 0 Å². The van der Waals surface area contributed by atoms with E-state index in [4.69, 9.17) is 27.9 Å². The number of hydrogen-bond acceptors (Lipinski definition) is 3. The molecule has 0 unspecified atom stereocenters. The van der Waals surface area contributed by atoms with E-state index in [9.17, 15) is 14.0 Å². The number of halogens is 3. The second-order valence-electron chi connectivity index (χ2n) is 3.51. The third-order valence-electron chi connectivity index (χ3n) is 2.39. The van der Waals surface area contributed by atoms with Crippen LogP contribution >= 0.6 is 23.2 Å². The fraction of sp³-hybridized carbons (Fsp3) is 0.0909. The molecule has 8 heteroatoms. The second kappa shape index (κ2) is 5.07. The van der Waals surface area contributed by atoms with Crippen molar-refractivity contribution in [3.63, 3.8) is 0 Å². The molecule has 0 aliphatic heterocycles. The average Bonchev–Trinajstić information content (AvgIpc) is 2.36. The van der Waals surface area contributed by atoms with Crippen LogP contribution in [-0.2, 0) is 0 Å². The molecule has 0 amide bonds. The van der Waals surface area contributed by atoms with Crippen LogP contribution in [0.1, 0.15) is 0 Å². The van der Waals surface area contributed by atoms with Crippen LogP contribution in [0.15, 0.2) is 27.8 Å². The minimum absolute atomic E-state index is 0.0248. The Morgan fingerprint density at radius 1 is 1.32 bits per heavy atom. The summed E-state index contributed by atoms with van der Waals surface area (Å²) in [5.41, 5.74) is -2.05. The zero-order valence-electron chi connectivity index (χ0n) is 9.54. The lowest BCUT2D eigenvalue weighted by Gasteiger charge is -2.10. The number of benzene rings is 1. The van der Waals surface area contributed by atoms with Crippen molar-refractivity contribution in [1.29, 1.82) is 0 Å². The smallest absolute Gasteiger partial charge is 0.334 e. The Bertz CT molecular complexity index is 755. The van der Waals surface area contributed by atoms with Gasteiger partial charge in [0.15, 0.2) is 5.15 Å². The first-order chi connectivity index (χ1) is 8.95. The van der Waals surface area contributed by atoms with Gasteiger partial charge < -0.3 is 4.74 Å². The highest BCUT2D eigenvalue weighted by molar-refractivity contribution is 6.30. The molecular weight excluding hydrogens is 298 g/mol. The SMILES string of the molecule is COc1ccc(Cl)cc1-n1c(=O)[nH]c(Cl)c(F)c1=O. The fourth-order valence-corrected chi connectivity index (χ4v) is 1.87. The number of rotatable bonds is 2. The molecule has 0 aliphatic carbocycles. The quantitative estimate of drug-likeness (QED) is 0.863. The molecule has 0 radical (unpaired) electrons. The molecule has 19 heavy (non-hydrogen) atoms. The van der Waals surface area contributed by atoms with Crippen LogP contribution in [0.4, 0.5) is 4.39 Å². The van der Waals surface area contributed by atoms with Gasteiger partial charge in [0, 0.05) is 5.02 Å². The Labute approximate surface area is 116 Å². The van der Waals surface area contributed by atoms with Gasteiger partial charge >= 0.3 is 5.69 Å². The summed E-state index contributed by atoms with van der Waals surface area (Å²) in [6.45, 7) is 0. The zero-order chi connectivity index (χ0) is 14.2. The molecule has 5 nitrogen and oxygen atoms in total. The highest BCUT2D eigenvalue weighted by Gasteiger charge is 2.16. The van der Waals surface area contributed by atoms with E-state index in [0.29, 0.717) is 4.57 Å². The van der Waals surface area contributed by atoms with Gasteiger partial charge in [-0.05, 0) is 18.2 Å². The first-order valence-electron chi connectivity index (χ1n) is 5.00. The first kappa shape index (κ1) is 13.6. The molecule has 0 saturated carbocycles. The van der Waals surface area contributed by atoms with Crippen LogP contribution in [0.2, 0.25) is 10.2 Å². The average molecular weight is 305 g/mol. The molecule has 0 aliphatic rings. The molecule has 1 N–H and O–H groups in total. The topological polar surface area (TPSA) is 64.1 Å². The lowest BCUT2D eigenvalue weighted by molar-refractivity contribution is 0.411. The van der Waals surface area contributed by atoms with Crippen molar-refractivity contribution < 1.29 is 9.13 Å². The van der Waals surface area contributed by atoms with E-state index in [1.165, 1.54) is 25.3 Å². The van der Waals surface area contributed by atoms with E-state index in [-0.39, 0.29) is 16.5 Å². The number of nitrogens with one attached hydrogen (secondary N) is 1. The number of methoxy groups -OCH3 is 1. The molecule has 100 valence electrons. The highest BCUT2D eigenvalue weighted by atomic mass is 35.5. The Morgan fingerprint density at radius 2 is 2.00 bits per heavy atom. The molecule has 1 heterocycles. The lowest BCUT2D eigenvalue weighted by Crippen LogP contribution is -2.36. The molecule has 1 aromatic heterocycles. The summed E-state index contributed by atoms with van der Waals surface area (Å²) >= 11 is 11.2. The maximum atomic E-state index is 13.5. The van der Waals surface area contributed by atoms with Crippen LogP contribution in [0.5, 0.6) is 5.75 Å². The fourth-order valence-electron chi connectivity index (χ4n) is 1.55. The predicted octanol–water partition coefficient (Wildman–Crippen LogP) is 1.98. The predicted molar refractivity (Wildman–Crippen MR) is 69.2 cm³/mol. The summed E-state index contributed by atoms with van der Waals surface area (Å²) < 4.78 is 19.1. The summed E-state index contributed by atoms with van der Waals surface area (Å²) in [6, 6.07) is 4.27. The lowest BCUT2D eigenvalue weighted by atomic mass is 10.3. The first-order valence-corrected chi connectivity index (χ1v) is 5.75. The minimum Gasteiger partial charge on any atom is -0.495 e. The Kier molecular flexibility index (Phi) is 3.64. The number of hydrogen-bond donors (Lipinski definition) is 1. The molecule has 0 bridgehead atoms. The van der Waals surface area contributed by atoms with Gasteiger partial charge in [-0.2, -0.15) is 4.39 Å². The Balaban J connectivity index is 2.87. The van der Waals surface area contributed by atoms with E-state index in [1.54, 1.807) is 0 Å². The zero-order valence-corrected chi connectivity index (χ0v) is 11.0. The summed E-state index contributed by atoms with van der Waals surface area (Å²) in [4.78, 5) is 25.5. The van der Waals surface area contributed by atoms with Crippen molar-refractivity contribution in [1.82, 2.24) is 9.55 Å². The van der Waals surface area contributed by atoms with E-state index in [2.05, 4.69) is 0 Å². The number of nitrogens with zero attached hydrogens (tertiary/aromatic N) is 1. The molecule has 0 fully saturated rings. The van der Waals surface area contributed by atoms with Gasteiger partial charge in [-0.1, -0.05) is 23.2 Å². The maximum absolute atomic E-state index is 13.5. The van der Waals surface area contributed by atoms with Crippen molar-refractivity contribution >= 4 is 23.2 Å². The standard InChI is InChI=1S/C11H7Cl2FN2O3/c1-19-7-3-2-5(12)4-6(7)16-10(17)8(14)9(13)15-11(16)18/h2-4H,1H3,(H,15,18). The van der Waals surface area contributed by atoms with Crippen LogP contribution < -0.4 is 16.0 Å². The molecular formula is C11H7Cl2FN2O3. The Hall–Kier alpha value is -1.79. The molecule has 1 aromatic carbocycles. The second-order valence-corrected chi connectivity index (χ2v) is 4.33. The van der Waals surface area contributed by atoms with Gasteiger partial charge in [0.2, 0.25) is 5.82 Å². The van der Waals surface area contributed by atoms with Crippen LogP contribution in [0.3, 0.4) is 0 Å². The van der Waals surface area contributed by atoms with Gasteiger partial charge in [0.1, 0.15) is 5.75 Å². The van der Waals surface area contributed by atoms with Crippen molar-refractivity contribution in [3.05, 3.63) is 55.0 Å². The third kappa shape index (κ3) is 2.36. The summed E-state index contributed by atoms with van der Waals surface area (Å²) in [5.74, 6) is -1.07. The van der Waals surface area contributed by atoms with Crippen molar-refractivity contribution in [3.8, 4) is 11.4 Å². The van der Waals surface area contributed by atoms with Gasteiger partial charge in [-0.15, -0.1) is 0 Å². The number of H-pyrrole nitrogens is 1. The van der Waals surface area contributed by atoms with Gasteiger partial charge in [0.25, 0.3) is 5.56 Å². The maximum Gasteiger partial charge on any atom is 0.334 e. The molecule has 2 aromatic rings. The number of aromatic nitrogens is 2. The van der Waals surface area contributed by atoms with Gasteiger partial charge in [-0.3, -0.25) is 9.78 Å². The monoisotopic (exact) mass is 304 g/mol. The minimum atomic E-state index is -1.26. The van der Waals surface area contributed by atoms with E-state index in [0.717, 1.165) is 0 Å². The van der Waals surface area contributed by atoms with Crippen molar-refractivity contribution in [2.75, 3.05) is 7.11 Å². The van der Waals surface area contributed by atoms with E-state index < -0.39 is 22.2 Å². The molecule has 0 saturated heterocycles. The summed E-state index contributed by atoms with van der Waals surface area (Å²) in [6.07, 6.45) is 0. The largest absolute Gasteiger partial charge is 0.495 e.